The van der Waals surface area contributed by atoms with Crippen molar-refractivity contribution in [2.45, 2.75) is 19.1 Å². The van der Waals surface area contributed by atoms with Crippen molar-refractivity contribution < 1.29 is 34.1 Å². The van der Waals surface area contributed by atoms with Crippen molar-refractivity contribution in [3.63, 3.8) is 0 Å². The summed E-state index contributed by atoms with van der Waals surface area (Å²) in [6, 6.07) is 14.7. The second-order valence-corrected chi connectivity index (χ2v) is 7.60. The molecule has 3 rings (SSSR count). The van der Waals surface area contributed by atoms with Crippen LogP contribution in [0.15, 0.2) is 61.2 Å². The van der Waals surface area contributed by atoms with E-state index < -0.39 is 42.3 Å². The van der Waals surface area contributed by atoms with Crippen LogP contribution in [0.5, 0.6) is 5.75 Å². The minimum absolute atomic E-state index is 0.00655. The highest BCUT2D eigenvalue weighted by Crippen LogP contribution is 2.41. The number of carboxylic acids is 2. The van der Waals surface area contributed by atoms with Gasteiger partial charge in [0, 0.05) is 18.4 Å². The fourth-order valence-corrected chi connectivity index (χ4v) is 4.06. The van der Waals surface area contributed by atoms with Gasteiger partial charge in [0.15, 0.2) is 0 Å². The summed E-state index contributed by atoms with van der Waals surface area (Å²) in [6.07, 6.45) is -1.22. The number of hydrogen-bond acceptors (Lipinski definition) is 5. The lowest BCUT2D eigenvalue weighted by Gasteiger charge is -2.24. The Hall–Kier alpha value is -3.81. The molecule has 1 fully saturated rings. The van der Waals surface area contributed by atoms with Crippen LogP contribution in [0.3, 0.4) is 0 Å². The van der Waals surface area contributed by atoms with Crippen LogP contribution in [-0.4, -0.2) is 52.8 Å². The number of hydrogen-bond donors (Lipinski definition) is 2. The third-order valence-corrected chi connectivity index (χ3v) is 5.66. The molecule has 168 valence electrons. The Balaban J connectivity index is 1.85. The molecule has 0 unspecified atom stereocenters. The first-order valence-electron chi connectivity index (χ1n) is 10.1. The first-order valence-corrected chi connectivity index (χ1v) is 10.1. The van der Waals surface area contributed by atoms with Gasteiger partial charge in [-0.2, -0.15) is 0 Å². The molecule has 2 aromatic carbocycles. The zero-order valence-electron chi connectivity index (χ0n) is 17.6. The average Bonchev–Trinajstić information content (AvgIpc) is 3.16. The van der Waals surface area contributed by atoms with Crippen LogP contribution in [0.2, 0.25) is 0 Å². The number of carbonyl (C=O) groups is 3. The summed E-state index contributed by atoms with van der Waals surface area (Å²) >= 11 is 0. The zero-order chi connectivity index (χ0) is 23.3. The zero-order valence-corrected chi connectivity index (χ0v) is 17.6. The number of rotatable bonds is 8. The van der Waals surface area contributed by atoms with Gasteiger partial charge in [0.2, 0.25) is 0 Å². The number of methoxy groups -OCH3 is 1. The van der Waals surface area contributed by atoms with Crippen molar-refractivity contribution in [3.8, 4) is 5.75 Å². The van der Waals surface area contributed by atoms with E-state index in [0.717, 1.165) is 16.0 Å². The quantitative estimate of drug-likeness (QED) is 0.647. The third kappa shape index (κ3) is 5.08. The van der Waals surface area contributed by atoms with Crippen LogP contribution in [0.1, 0.15) is 17.5 Å². The van der Waals surface area contributed by atoms with Crippen LogP contribution < -0.4 is 4.74 Å². The van der Waals surface area contributed by atoms with E-state index in [0.29, 0.717) is 11.3 Å². The molecule has 32 heavy (non-hydrogen) atoms. The normalized spacial score (nSPS) is 19.9. The Morgan fingerprint density at radius 1 is 1.06 bits per heavy atom. The van der Waals surface area contributed by atoms with Gasteiger partial charge in [0.1, 0.15) is 18.4 Å². The minimum atomic E-state index is -1.34. The van der Waals surface area contributed by atoms with Crippen molar-refractivity contribution in [3.05, 3.63) is 72.3 Å². The van der Waals surface area contributed by atoms with E-state index >= 15 is 0 Å². The summed E-state index contributed by atoms with van der Waals surface area (Å²) in [6.45, 7) is 4.07. The van der Waals surface area contributed by atoms with Gasteiger partial charge in [-0.05, 0) is 28.8 Å². The topological polar surface area (TPSA) is 113 Å². The molecular formula is C24H25NO7. The summed E-state index contributed by atoms with van der Waals surface area (Å²) < 4.78 is 10.5. The lowest BCUT2D eigenvalue weighted by Crippen LogP contribution is -2.44. The van der Waals surface area contributed by atoms with Gasteiger partial charge in [-0.25, -0.2) is 9.59 Å². The molecular weight excluding hydrogens is 414 g/mol. The van der Waals surface area contributed by atoms with Crippen LogP contribution in [-0.2, 0) is 20.9 Å². The van der Waals surface area contributed by atoms with Crippen LogP contribution in [0, 0.1) is 11.8 Å². The molecule has 1 aliphatic rings. The monoisotopic (exact) mass is 439 g/mol. The molecule has 2 N–H and O–H groups in total. The SMILES string of the molecule is C=C(c1ccc(OC)cc1)[C@H]1CN(C(=O)OCc2ccccc2)[C@H](C(=O)O)[C@H]1CC(=O)O. The van der Waals surface area contributed by atoms with Gasteiger partial charge in [-0.1, -0.05) is 49.0 Å². The molecule has 8 nitrogen and oxygen atoms in total. The van der Waals surface area contributed by atoms with Crippen molar-refractivity contribution in [1.82, 2.24) is 4.90 Å². The molecule has 0 bridgehead atoms. The maximum Gasteiger partial charge on any atom is 0.410 e. The number of amides is 1. The summed E-state index contributed by atoms with van der Waals surface area (Å²) in [5.74, 6) is -3.20. The molecule has 1 amide bonds. The molecule has 0 spiro atoms. The number of nitrogens with zero attached hydrogens (tertiary/aromatic N) is 1. The summed E-state index contributed by atoms with van der Waals surface area (Å²) in [7, 11) is 1.54. The van der Waals surface area contributed by atoms with E-state index in [1.165, 1.54) is 0 Å². The van der Waals surface area contributed by atoms with Gasteiger partial charge in [0.05, 0.1) is 13.5 Å². The van der Waals surface area contributed by atoms with E-state index in [2.05, 4.69) is 6.58 Å². The van der Waals surface area contributed by atoms with Crippen LogP contribution in [0.4, 0.5) is 4.79 Å². The Kier molecular flexibility index (Phi) is 7.14. The largest absolute Gasteiger partial charge is 0.497 e. The van der Waals surface area contributed by atoms with Gasteiger partial charge < -0.3 is 19.7 Å². The molecule has 0 aliphatic carbocycles. The number of ether oxygens (including phenoxy) is 2. The fraction of sp³-hybridized carbons (Fsp3) is 0.292. The minimum Gasteiger partial charge on any atom is -0.497 e. The first-order chi connectivity index (χ1) is 15.3. The van der Waals surface area contributed by atoms with Crippen molar-refractivity contribution in [1.29, 1.82) is 0 Å². The van der Waals surface area contributed by atoms with Crippen molar-refractivity contribution >= 4 is 23.6 Å². The molecule has 0 radical (unpaired) electrons. The highest BCUT2D eigenvalue weighted by molar-refractivity contribution is 5.84. The molecule has 0 saturated carbocycles. The number of aliphatic carboxylic acids is 2. The summed E-state index contributed by atoms with van der Waals surface area (Å²) in [4.78, 5) is 37.5. The Labute approximate surface area is 185 Å². The molecule has 2 aromatic rings. The summed E-state index contributed by atoms with van der Waals surface area (Å²) in [5, 5.41) is 19.3. The predicted molar refractivity (Wildman–Crippen MR) is 116 cm³/mol. The Morgan fingerprint density at radius 2 is 1.72 bits per heavy atom. The summed E-state index contributed by atoms with van der Waals surface area (Å²) in [5.41, 5.74) is 2.03. The lowest BCUT2D eigenvalue weighted by atomic mass is 9.81. The van der Waals surface area contributed by atoms with Crippen molar-refractivity contribution in [2.75, 3.05) is 13.7 Å². The van der Waals surface area contributed by atoms with E-state index in [9.17, 15) is 24.6 Å². The fourth-order valence-electron chi connectivity index (χ4n) is 4.06. The predicted octanol–water partition coefficient (Wildman–Crippen LogP) is 3.52. The van der Waals surface area contributed by atoms with Crippen LogP contribution in [0.25, 0.3) is 5.57 Å². The van der Waals surface area contributed by atoms with Gasteiger partial charge in [0.25, 0.3) is 0 Å². The van der Waals surface area contributed by atoms with Gasteiger partial charge in [-0.15, -0.1) is 0 Å². The number of carboxylic acid groups (broad SMARTS) is 2. The van der Waals surface area contributed by atoms with E-state index in [-0.39, 0.29) is 13.2 Å². The number of likely N-dealkylation sites (tertiary alicyclic amines) is 1. The van der Waals surface area contributed by atoms with E-state index in [1.807, 2.05) is 6.07 Å². The number of benzene rings is 2. The van der Waals surface area contributed by atoms with Crippen LogP contribution >= 0.6 is 0 Å². The lowest BCUT2D eigenvalue weighted by molar-refractivity contribution is -0.144. The highest BCUT2D eigenvalue weighted by Gasteiger charge is 2.50. The molecule has 1 heterocycles. The molecule has 1 saturated heterocycles. The number of carbonyl (C=O) groups excluding carboxylic acids is 1. The molecule has 8 heteroatoms. The molecule has 1 aliphatic heterocycles. The smallest absolute Gasteiger partial charge is 0.410 e. The highest BCUT2D eigenvalue weighted by atomic mass is 16.6. The van der Waals surface area contributed by atoms with E-state index in [4.69, 9.17) is 9.47 Å². The maximum atomic E-state index is 12.8. The van der Waals surface area contributed by atoms with Gasteiger partial charge >= 0.3 is 18.0 Å². The van der Waals surface area contributed by atoms with Gasteiger partial charge in [-0.3, -0.25) is 9.69 Å². The molecule has 0 aromatic heterocycles. The Morgan fingerprint density at radius 3 is 2.28 bits per heavy atom. The maximum absolute atomic E-state index is 12.8. The van der Waals surface area contributed by atoms with Crippen molar-refractivity contribution in [2.24, 2.45) is 11.8 Å². The van der Waals surface area contributed by atoms with E-state index in [1.54, 1.807) is 55.6 Å². The standard InChI is InChI=1S/C24H25NO7/c1-15(17-8-10-18(31-2)11-9-17)20-13-25(22(23(28)29)19(20)12-21(26)27)24(30)32-14-16-6-4-3-5-7-16/h3-11,19-20,22H,1,12-14H2,2H3,(H,26,27)(H,28,29)/t19-,20+,22-/m0/s1. The average molecular weight is 439 g/mol. The second kappa shape index (κ2) is 10.00. The Bertz CT molecular complexity index is 987. The first kappa shape index (κ1) is 22.9. The third-order valence-electron chi connectivity index (χ3n) is 5.66. The molecule has 3 atom stereocenters. The second-order valence-electron chi connectivity index (χ2n) is 7.60.